The van der Waals surface area contributed by atoms with Gasteiger partial charge in [0, 0.05) is 6.54 Å². The van der Waals surface area contributed by atoms with Crippen molar-refractivity contribution in [3.63, 3.8) is 0 Å². The number of aryl methyl sites for hydroxylation is 2. The van der Waals surface area contributed by atoms with Gasteiger partial charge < -0.3 is 9.47 Å². The maximum atomic E-state index is 12.4. The van der Waals surface area contributed by atoms with E-state index in [1.807, 2.05) is 50.3 Å². The second-order valence-corrected chi connectivity index (χ2v) is 8.29. The zero-order valence-electron chi connectivity index (χ0n) is 16.5. The number of thiocarbonyl (C=S) groups is 1. The minimum atomic E-state index is -0.0798. The summed E-state index contributed by atoms with van der Waals surface area (Å²) in [5, 5.41) is 0. The Kier molecular flexibility index (Phi) is 7.12. The number of carbonyl (C=O) groups is 1. The van der Waals surface area contributed by atoms with Gasteiger partial charge in [-0.25, -0.2) is 0 Å². The molecule has 0 radical (unpaired) electrons. The first-order valence-electron chi connectivity index (χ1n) is 9.27. The molecular formula is C23H23NO3S2. The highest BCUT2D eigenvalue weighted by Gasteiger charge is 2.30. The number of benzene rings is 2. The fourth-order valence-corrected chi connectivity index (χ4v) is 4.05. The van der Waals surface area contributed by atoms with E-state index in [9.17, 15) is 4.79 Å². The number of nitrogens with zero attached hydrogens (tertiary/aromatic N) is 1. The van der Waals surface area contributed by atoms with Crippen LogP contribution in [-0.2, 0) is 4.79 Å². The van der Waals surface area contributed by atoms with E-state index in [1.165, 1.54) is 17.3 Å². The first kappa shape index (κ1) is 21.1. The van der Waals surface area contributed by atoms with Gasteiger partial charge in [-0.3, -0.25) is 9.69 Å². The van der Waals surface area contributed by atoms with E-state index in [0.29, 0.717) is 29.0 Å². The Morgan fingerprint density at radius 3 is 2.55 bits per heavy atom. The van der Waals surface area contributed by atoms with Crippen molar-refractivity contribution in [3.8, 4) is 11.5 Å². The van der Waals surface area contributed by atoms with E-state index in [2.05, 4.69) is 18.7 Å². The molecule has 2 aromatic rings. The van der Waals surface area contributed by atoms with E-state index in [1.54, 1.807) is 11.0 Å². The van der Waals surface area contributed by atoms with Crippen LogP contribution in [0, 0.1) is 13.8 Å². The second-order valence-electron chi connectivity index (χ2n) is 6.62. The summed E-state index contributed by atoms with van der Waals surface area (Å²) in [5.74, 6) is 1.56. The summed E-state index contributed by atoms with van der Waals surface area (Å²) in [6.45, 7) is 9.08. The number of rotatable bonds is 8. The summed E-state index contributed by atoms with van der Waals surface area (Å²) in [5.41, 5.74) is 3.20. The molecule has 1 fully saturated rings. The zero-order valence-corrected chi connectivity index (χ0v) is 18.1. The standard InChI is InChI=1S/C23H23NO3S2/c1-4-11-24-22(25)21(29-23(24)28)15-18-7-9-19(10-8-18)26-12-13-27-20-14-16(2)5-6-17(20)3/h4-10,14-15H,1,11-13H2,2-3H3/b21-15-. The van der Waals surface area contributed by atoms with Crippen molar-refractivity contribution >= 4 is 40.3 Å². The van der Waals surface area contributed by atoms with Crippen LogP contribution >= 0.6 is 24.0 Å². The van der Waals surface area contributed by atoms with Crippen molar-refractivity contribution in [2.75, 3.05) is 19.8 Å². The van der Waals surface area contributed by atoms with Crippen LogP contribution in [0.1, 0.15) is 16.7 Å². The van der Waals surface area contributed by atoms with Crippen LogP contribution < -0.4 is 9.47 Å². The van der Waals surface area contributed by atoms with Gasteiger partial charge in [0.2, 0.25) is 0 Å². The average Bonchev–Trinajstić information content (AvgIpc) is 2.97. The zero-order chi connectivity index (χ0) is 20.8. The summed E-state index contributed by atoms with van der Waals surface area (Å²) in [4.78, 5) is 14.5. The summed E-state index contributed by atoms with van der Waals surface area (Å²) in [7, 11) is 0. The van der Waals surface area contributed by atoms with Gasteiger partial charge in [-0.1, -0.05) is 54.3 Å². The van der Waals surface area contributed by atoms with E-state index < -0.39 is 0 Å². The predicted molar refractivity (Wildman–Crippen MR) is 123 cm³/mol. The maximum Gasteiger partial charge on any atom is 0.266 e. The van der Waals surface area contributed by atoms with Gasteiger partial charge in [-0.05, 0) is 54.8 Å². The Balaban J connectivity index is 1.53. The number of hydrogen-bond donors (Lipinski definition) is 0. The van der Waals surface area contributed by atoms with Crippen LogP contribution in [0.15, 0.2) is 60.0 Å². The fourth-order valence-electron chi connectivity index (χ4n) is 2.77. The lowest BCUT2D eigenvalue weighted by Gasteiger charge is -2.11. The molecule has 1 amide bonds. The van der Waals surface area contributed by atoms with Gasteiger partial charge in [0.1, 0.15) is 29.0 Å². The molecule has 0 bridgehead atoms. The first-order valence-corrected chi connectivity index (χ1v) is 10.5. The minimum absolute atomic E-state index is 0.0798. The largest absolute Gasteiger partial charge is 0.490 e. The smallest absolute Gasteiger partial charge is 0.266 e. The Bertz CT molecular complexity index is 951. The highest BCUT2D eigenvalue weighted by Crippen LogP contribution is 2.32. The predicted octanol–water partition coefficient (Wildman–Crippen LogP) is 5.15. The number of hydrogen-bond acceptors (Lipinski definition) is 5. The number of thioether (sulfide) groups is 1. The second kappa shape index (κ2) is 9.76. The quantitative estimate of drug-likeness (QED) is 0.253. The Morgan fingerprint density at radius 2 is 1.83 bits per heavy atom. The minimum Gasteiger partial charge on any atom is -0.490 e. The Morgan fingerprint density at radius 1 is 1.10 bits per heavy atom. The molecule has 6 heteroatoms. The molecule has 0 spiro atoms. The van der Waals surface area contributed by atoms with Crippen molar-refractivity contribution in [1.29, 1.82) is 0 Å². The third-order valence-corrected chi connectivity index (χ3v) is 5.69. The molecule has 29 heavy (non-hydrogen) atoms. The van der Waals surface area contributed by atoms with Gasteiger partial charge in [-0.2, -0.15) is 0 Å². The van der Waals surface area contributed by atoms with Crippen LogP contribution in [0.4, 0.5) is 0 Å². The van der Waals surface area contributed by atoms with Crippen molar-refractivity contribution in [2.24, 2.45) is 0 Å². The maximum absolute atomic E-state index is 12.4. The van der Waals surface area contributed by atoms with E-state index in [4.69, 9.17) is 21.7 Å². The summed E-state index contributed by atoms with van der Waals surface area (Å²) in [6, 6.07) is 13.7. The highest BCUT2D eigenvalue weighted by atomic mass is 32.2. The molecule has 1 saturated heterocycles. The SMILES string of the molecule is C=CCN1C(=O)/C(=C/c2ccc(OCCOc3cc(C)ccc3C)cc2)SC1=S. The topological polar surface area (TPSA) is 38.8 Å². The molecule has 0 unspecified atom stereocenters. The van der Waals surface area contributed by atoms with Gasteiger partial charge >= 0.3 is 0 Å². The molecular weight excluding hydrogens is 402 g/mol. The molecule has 0 aromatic heterocycles. The molecule has 0 N–H and O–H groups in total. The Labute approximate surface area is 181 Å². The van der Waals surface area contributed by atoms with Crippen LogP contribution in [0.5, 0.6) is 11.5 Å². The van der Waals surface area contributed by atoms with E-state index in [-0.39, 0.29) is 5.91 Å². The molecule has 150 valence electrons. The van der Waals surface area contributed by atoms with Crippen LogP contribution in [0.3, 0.4) is 0 Å². The first-order chi connectivity index (χ1) is 14.0. The van der Waals surface area contributed by atoms with Crippen LogP contribution in [-0.4, -0.2) is 34.9 Å². The lowest BCUT2D eigenvalue weighted by atomic mass is 10.1. The molecule has 0 saturated carbocycles. The van der Waals surface area contributed by atoms with Crippen molar-refractivity contribution in [1.82, 2.24) is 4.90 Å². The van der Waals surface area contributed by atoms with Gasteiger partial charge in [0.25, 0.3) is 5.91 Å². The summed E-state index contributed by atoms with van der Waals surface area (Å²) >= 11 is 6.57. The van der Waals surface area contributed by atoms with Gasteiger partial charge in [0.15, 0.2) is 0 Å². The van der Waals surface area contributed by atoms with Crippen molar-refractivity contribution < 1.29 is 14.3 Å². The average molecular weight is 426 g/mol. The van der Waals surface area contributed by atoms with Gasteiger partial charge in [0.05, 0.1) is 4.91 Å². The number of amides is 1. The number of carbonyl (C=O) groups excluding carboxylic acids is 1. The molecule has 1 aliphatic heterocycles. The molecule has 4 nitrogen and oxygen atoms in total. The lowest BCUT2D eigenvalue weighted by molar-refractivity contribution is -0.121. The molecule has 1 heterocycles. The molecule has 0 atom stereocenters. The molecule has 1 aliphatic rings. The van der Waals surface area contributed by atoms with Crippen molar-refractivity contribution in [2.45, 2.75) is 13.8 Å². The van der Waals surface area contributed by atoms with Gasteiger partial charge in [-0.15, -0.1) is 6.58 Å². The van der Waals surface area contributed by atoms with Crippen molar-refractivity contribution in [3.05, 3.63) is 76.7 Å². The third-order valence-electron chi connectivity index (χ3n) is 4.32. The summed E-state index contributed by atoms with van der Waals surface area (Å²) < 4.78 is 12.1. The third kappa shape index (κ3) is 5.49. The monoisotopic (exact) mass is 425 g/mol. The van der Waals surface area contributed by atoms with Crippen LogP contribution in [0.25, 0.3) is 6.08 Å². The van der Waals surface area contributed by atoms with E-state index in [0.717, 1.165) is 22.6 Å². The molecule has 3 rings (SSSR count). The fraction of sp³-hybridized carbons (Fsp3) is 0.217. The van der Waals surface area contributed by atoms with E-state index >= 15 is 0 Å². The van der Waals surface area contributed by atoms with Crippen LogP contribution in [0.2, 0.25) is 0 Å². The molecule has 2 aromatic carbocycles. The Hall–Kier alpha value is -2.57. The lowest BCUT2D eigenvalue weighted by Crippen LogP contribution is -2.27. The molecule has 0 aliphatic carbocycles. The number of ether oxygens (including phenoxy) is 2. The summed E-state index contributed by atoms with van der Waals surface area (Å²) in [6.07, 6.45) is 3.51. The highest BCUT2D eigenvalue weighted by molar-refractivity contribution is 8.26. The normalized spacial score (nSPS) is 15.1.